The van der Waals surface area contributed by atoms with Gasteiger partial charge in [-0.15, -0.1) is 0 Å². The van der Waals surface area contributed by atoms with Crippen LogP contribution in [0.3, 0.4) is 0 Å². The van der Waals surface area contributed by atoms with Gasteiger partial charge in [0.05, 0.1) is 0 Å². The summed E-state index contributed by atoms with van der Waals surface area (Å²) in [6, 6.07) is 0. The summed E-state index contributed by atoms with van der Waals surface area (Å²) < 4.78 is 13.3. The molecule has 1 atom stereocenters. The minimum Gasteiger partial charge on any atom is -0.247 e. The van der Waals surface area contributed by atoms with Crippen molar-refractivity contribution in [2.24, 2.45) is 11.3 Å². The lowest BCUT2D eigenvalue weighted by atomic mass is 9.88. The number of alkyl halides is 1. The van der Waals surface area contributed by atoms with Gasteiger partial charge in [-0.05, 0) is 30.6 Å². The molecule has 0 bridgehead atoms. The average Bonchev–Trinajstić information content (AvgIpc) is 1.79. The van der Waals surface area contributed by atoms with E-state index in [1.165, 1.54) is 0 Å². The molecule has 0 rings (SSSR count). The molecule has 0 aromatic heterocycles. The van der Waals surface area contributed by atoms with Gasteiger partial charge in [0.2, 0.25) is 0 Å². The van der Waals surface area contributed by atoms with E-state index < -0.39 is 6.17 Å². The molecule has 0 aromatic rings. The highest BCUT2D eigenvalue weighted by Gasteiger charge is 2.17. The molecule has 0 amide bonds. The Morgan fingerprint density at radius 3 is 1.92 bits per heavy atom. The smallest absolute Gasteiger partial charge is 0.101 e. The first-order valence-electron chi connectivity index (χ1n) is 4.95. The lowest BCUT2D eigenvalue weighted by molar-refractivity contribution is 0.205. The van der Waals surface area contributed by atoms with Gasteiger partial charge in [-0.1, -0.05) is 34.6 Å². The molecule has 0 nitrogen and oxygen atoms in total. The highest BCUT2D eigenvalue weighted by molar-refractivity contribution is 4.68. The molecule has 0 aliphatic rings. The minimum absolute atomic E-state index is 0.135. The minimum atomic E-state index is -0.604. The van der Waals surface area contributed by atoms with Crippen molar-refractivity contribution < 1.29 is 4.39 Å². The standard InChI is InChI=1S/C11H23F/c1-9(2)6-7-10(12)8-11(3,4)5/h9-10H,6-8H2,1-5H3. The summed E-state index contributed by atoms with van der Waals surface area (Å²) in [4.78, 5) is 0. The van der Waals surface area contributed by atoms with Crippen LogP contribution in [0.4, 0.5) is 4.39 Å². The zero-order valence-corrected chi connectivity index (χ0v) is 9.15. The molecule has 1 heteroatoms. The Morgan fingerprint density at radius 1 is 1.08 bits per heavy atom. The van der Waals surface area contributed by atoms with Gasteiger partial charge < -0.3 is 0 Å². The Balaban J connectivity index is 3.53. The quantitative estimate of drug-likeness (QED) is 0.599. The van der Waals surface area contributed by atoms with Crippen molar-refractivity contribution in [1.29, 1.82) is 0 Å². The summed E-state index contributed by atoms with van der Waals surface area (Å²) in [5, 5.41) is 0. The molecule has 0 saturated carbocycles. The highest BCUT2D eigenvalue weighted by atomic mass is 19.1. The van der Waals surface area contributed by atoms with Crippen molar-refractivity contribution in [3.63, 3.8) is 0 Å². The second-order valence-corrected chi connectivity index (χ2v) is 5.33. The first-order chi connectivity index (χ1) is 5.31. The van der Waals surface area contributed by atoms with E-state index in [0.29, 0.717) is 12.3 Å². The van der Waals surface area contributed by atoms with Crippen LogP contribution in [0.25, 0.3) is 0 Å². The van der Waals surface area contributed by atoms with Crippen LogP contribution < -0.4 is 0 Å². The fourth-order valence-electron chi connectivity index (χ4n) is 1.28. The number of rotatable bonds is 4. The van der Waals surface area contributed by atoms with E-state index in [0.717, 1.165) is 12.8 Å². The largest absolute Gasteiger partial charge is 0.247 e. The first kappa shape index (κ1) is 11.9. The molecule has 74 valence electrons. The Kier molecular flexibility index (Phi) is 4.81. The van der Waals surface area contributed by atoms with Crippen molar-refractivity contribution in [2.75, 3.05) is 0 Å². The van der Waals surface area contributed by atoms with Gasteiger partial charge in [0.1, 0.15) is 6.17 Å². The summed E-state index contributed by atoms with van der Waals surface area (Å²) in [6.45, 7) is 10.6. The van der Waals surface area contributed by atoms with Crippen molar-refractivity contribution in [3.8, 4) is 0 Å². The first-order valence-corrected chi connectivity index (χ1v) is 4.95. The molecule has 0 saturated heterocycles. The summed E-state index contributed by atoms with van der Waals surface area (Å²) in [5.74, 6) is 0.628. The normalized spacial score (nSPS) is 15.2. The molecule has 0 aromatic carbocycles. The van der Waals surface area contributed by atoms with E-state index >= 15 is 0 Å². The summed E-state index contributed by atoms with van der Waals surface area (Å²) >= 11 is 0. The molecule has 0 N–H and O–H groups in total. The van der Waals surface area contributed by atoms with Gasteiger partial charge in [0.25, 0.3) is 0 Å². The van der Waals surface area contributed by atoms with E-state index in [9.17, 15) is 4.39 Å². The lowest BCUT2D eigenvalue weighted by Crippen LogP contribution is -2.14. The monoisotopic (exact) mass is 174 g/mol. The zero-order valence-electron chi connectivity index (χ0n) is 9.15. The number of hydrogen-bond donors (Lipinski definition) is 0. The summed E-state index contributed by atoms with van der Waals surface area (Å²) in [7, 11) is 0. The predicted molar refractivity (Wildman–Crippen MR) is 53.0 cm³/mol. The third-order valence-electron chi connectivity index (χ3n) is 1.89. The Morgan fingerprint density at radius 2 is 1.58 bits per heavy atom. The SMILES string of the molecule is CC(C)CCC(F)CC(C)(C)C. The molecule has 0 radical (unpaired) electrons. The Labute approximate surface area is 76.6 Å². The maximum Gasteiger partial charge on any atom is 0.101 e. The van der Waals surface area contributed by atoms with Crippen molar-refractivity contribution in [3.05, 3.63) is 0 Å². The van der Waals surface area contributed by atoms with E-state index in [4.69, 9.17) is 0 Å². The maximum atomic E-state index is 13.3. The van der Waals surface area contributed by atoms with E-state index in [1.807, 2.05) is 0 Å². The second-order valence-electron chi connectivity index (χ2n) is 5.33. The number of hydrogen-bond acceptors (Lipinski definition) is 0. The summed E-state index contributed by atoms with van der Waals surface area (Å²) in [6.07, 6.45) is 1.83. The van der Waals surface area contributed by atoms with Gasteiger partial charge in [-0.2, -0.15) is 0 Å². The van der Waals surface area contributed by atoms with Crippen LogP contribution in [0.5, 0.6) is 0 Å². The Hall–Kier alpha value is -0.0700. The molecule has 0 fully saturated rings. The van der Waals surface area contributed by atoms with Crippen LogP contribution in [-0.2, 0) is 0 Å². The van der Waals surface area contributed by atoms with Gasteiger partial charge in [-0.25, -0.2) is 4.39 Å². The third-order valence-corrected chi connectivity index (χ3v) is 1.89. The molecule has 0 aliphatic heterocycles. The zero-order chi connectivity index (χ0) is 9.78. The van der Waals surface area contributed by atoms with Gasteiger partial charge in [0, 0.05) is 0 Å². The van der Waals surface area contributed by atoms with Gasteiger partial charge >= 0.3 is 0 Å². The topological polar surface area (TPSA) is 0 Å². The van der Waals surface area contributed by atoms with E-state index in [1.54, 1.807) is 0 Å². The van der Waals surface area contributed by atoms with Crippen LogP contribution >= 0.6 is 0 Å². The van der Waals surface area contributed by atoms with E-state index in [-0.39, 0.29) is 5.41 Å². The van der Waals surface area contributed by atoms with E-state index in [2.05, 4.69) is 34.6 Å². The van der Waals surface area contributed by atoms with Crippen LogP contribution in [0.1, 0.15) is 53.9 Å². The molecule has 0 heterocycles. The average molecular weight is 174 g/mol. The molecule has 1 unspecified atom stereocenters. The third kappa shape index (κ3) is 8.03. The Bertz CT molecular complexity index is 111. The van der Waals surface area contributed by atoms with Crippen LogP contribution in [0.2, 0.25) is 0 Å². The second kappa shape index (κ2) is 4.84. The molecule has 0 spiro atoms. The van der Waals surface area contributed by atoms with Crippen LogP contribution in [0, 0.1) is 11.3 Å². The lowest BCUT2D eigenvalue weighted by Gasteiger charge is -2.21. The highest BCUT2D eigenvalue weighted by Crippen LogP contribution is 2.25. The van der Waals surface area contributed by atoms with Crippen molar-refractivity contribution >= 4 is 0 Å². The molecule has 12 heavy (non-hydrogen) atoms. The van der Waals surface area contributed by atoms with Gasteiger partial charge in [-0.3, -0.25) is 0 Å². The molecular formula is C11H23F. The maximum absolute atomic E-state index is 13.3. The molecule has 0 aliphatic carbocycles. The fourth-order valence-corrected chi connectivity index (χ4v) is 1.28. The van der Waals surface area contributed by atoms with Crippen molar-refractivity contribution in [1.82, 2.24) is 0 Å². The fraction of sp³-hybridized carbons (Fsp3) is 1.00. The van der Waals surface area contributed by atoms with Gasteiger partial charge in [0.15, 0.2) is 0 Å². The van der Waals surface area contributed by atoms with Crippen LogP contribution in [0.15, 0.2) is 0 Å². The predicted octanol–water partition coefficient (Wildman–Crippen LogP) is 4.20. The van der Waals surface area contributed by atoms with Crippen LogP contribution in [-0.4, -0.2) is 6.17 Å². The number of halogens is 1. The molecular weight excluding hydrogens is 151 g/mol. The van der Waals surface area contributed by atoms with Crippen molar-refractivity contribution in [2.45, 2.75) is 60.1 Å². The summed E-state index contributed by atoms with van der Waals surface area (Å²) in [5.41, 5.74) is 0.135.